The summed E-state index contributed by atoms with van der Waals surface area (Å²) in [5.74, 6) is 1.62. The molecule has 0 saturated carbocycles. The van der Waals surface area contributed by atoms with Crippen LogP contribution in [0.4, 0.5) is 0 Å². The van der Waals surface area contributed by atoms with Gasteiger partial charge in [0.25, 0.3) is 5.91 Å². The number of hydrogen-bond donors (Lipinski definition) is 0. The lowest BCUT2D eigenvalue weighted by Gasteiger charge is -2.19. The highest BCUT2D eigenvalue weighted by atomic mass is 16.5. The zero-order valence-corrected chi connectivity index (χ0v) is 16.5. The molecule has 0 radical (unpaired) electrons. The van der Waals surface area contributed by atoms with Crippen LogP contribution >= 0.6 is 0 Å². The van der Waals surface area contributed by atoms with Gasteiger partial charge in [0.15, 0.2) is 0 Å². The fourth-order valence-electron chi connectivity index (χ4n) is 2.81. The molecule has 0 aliphatic carbocycles. The Balaban J connectivity index is 1.69. The van der Waals surface area contributed by atoms with Gasteiger partial charge in [-0.05, 0) is 50.6 Å². The number of benzene rings is 2. The van der Waals surface area contributed by atoms with E-state index < -0.39 is 0 Å². The van der Waals surface area contributed by atoms with Gasteiger partial charge in [-0.25, -0.2) is 0 Å². The predicted octanol–water partition coefficient (Wildman–Crippen LogP) is 4.50. The largest absolute Gasteiger partial charge is 0.494 e. The molecule has 2 aromatic carbocycles. The summed E-state index contributed by atoms with van der Waals surface area (Å²) in [5, 5.41) is 4.05. The minimum Gasteiger partial charge on any atom is -0.494 e. The molecule has 1 amide bonds. The molecule has 0 saturated heterocycles. The number of carbonyl (C=O) groups is 1. The Kier molecular flexibility index (Phi) is 6.42. The highest BCUT2D eigenvalue weighted by molar-refractivity contribution is 5.94. The molecular formula is C22H25N3O3. The average Bonchev–Trinajstić information content (AvgIpc) is 3.19. The smallest absolute Gasteiger partial charge is 0.254 e. The molecule has 0 N–H and O–H groups in total. The Morgan fingerprint density at radius 3 is 2.61 bits per heavy atom. The summed E-state index contributed by atoms with van der Waals surface area (Å²) in [6.07, 6.45) is 0.943. The van der Waals surface area contributed by atoms with Crippen molar-refractivity contribution in [2.24, 2.45) is 0 Å². The lowest BCUT2D eigenvalue weighted by molar-refractivity contribution is 0.0734. The van der Waals surface area contributed by atoms with Gasteiger partial charge >= 0.3 is 0 Å². The van der Waals surface area contributed by atoms with Crippen molar-refractivity contribution in [1.29, 1.82) is 0 Å². The van der Waals surface area contributed by atoms with Crippen molar-refractivity contribution >= 4 is 5.91 Å². The maximum Gasteiger partial charge on any atom is 0.254 e. The van der Waals surface area contributed by atoms with Gasteiger partial charge in [-0.1, -0.05) is 35.8 Å². The Hall–Kier alpha value is -3.15. The van der Waals surface area contributed by atoms with Crippen LogP contribution < -0.4 is 4.74 Å². The van der Waals surface area contributed by atoms with Crippen molar-refractivity contribution in [3.8, 4) is 17.1 Å². The monoisotopic (exact) mass is 379 g/mol. The SMILES string of the molecule is CCCOc1ccc(C(=O)N(CC)Cc2nc(-c3cccc(C)c3)no2)cc1. The van der Waals surface area contributed by atoms with E-state index in [0.717, 1.165) is 23.3 Å². The van der Waals surface area contributed by atoms with Crippen molar-refractivity contribution in [1.82, 2.24) is 15.0 Å². The molecule has 146 valence electrons. The number of ether oxygens (including phenoxy) is 1. The van der Waals surface area contributed by atoms with E-state index in [1.54, 1.807) is 17.0 Å². The van der Waals surface area contributed by atoms with E-state index in [0.29, 0.717) is 30.4 Å². The number of aromatic nitrogens is 2. The molecule has 28 heavy (non-hydrogen) atoms. The second-order valence-electron chi connectivity index (χ2n) is 6.57. The second-order valence-corrected chi connectivity index (χ2v) is 6.57. The van der Waals surface area contributed by atoms with Crippen molar-refractivity contribution in [3.05, 3.63) is 65.5 Å². The third kappa shape index (κ3) is 4.76. The van der Waals surface area contributed by atoms with Crippen LogP contribution in [0.1, 0.15) is 42.1 Å². The van der Waals surface area contributed by atoms with Gasteiger partial charge in [-0.15, -0.1) is 0 Å². The summed E-state index contributed by atoms with van der Waals surface area (Å²) in [6.45, 7) is 7.46. The molecule has 6 heteroatoms. The van der Waals surface area contributed by atoms with Crippen LogP contribution in [0.3, 0.4) is 0 Å². The lowest BCUT2D eigenvalue weighted by Crippen LogP contribution is -2.30. The molecule has 0 unspecified atom stereocenters. The molecular weight excluding hydrogens is 354 g/mol. The topological polar surface area (TPSA) is 68.5 Å². The minimum atomic E-state index is -0.0835. The van der Waals surface area contributed by atoms with Gasteiger partial charge in [0, 0.05) is 17.7 Å². The van der Waals surface area contributed by atoms with Crippen molar-refractivity contribution in [2.75, 3.05) is 13.2 Å². The maximum absolute atomic E-state index is 12.8. The van der Waals surface area contributed by atoms with Gasteiger partial charge in [0.05, 0.1) is 6.61 Å². The van der Waals surface area contributed by atoms with E-state index in [2.05, 4.69) is 17.1 Å². The van der Waals surface area contributed by atoms with E-state index in [4.69, 9.17) is 9.26 Å². The lowest BCUT2D eigenvalue weighted by atomic mass is 10.1. The molecule has 1 aromatic heterocycles. The summed E-state index contributed by atoms with van der Waals surface area (Å²) in [4.78, 5) is 18.9. The molecule has 6 nitrogen and oxygen atoms in total. The van der Waals surface area contributed by atoms with Crippen LogP contribution in [0.15, 0.2) is 53.1 Å². The number of rotatable bonds is 8. The molecule has 3 aromatic rings. The van der Waals surface area contributed by atoms with Crippen molar-refractivity contribution < 1.29 is 14.1 Å². The highest BCUT2D eigenvalue weighted by Gasteiger charge is 2.18. The third-order valence-electron chi connectivity index (χ3n) is 4.31. The van der Waals surface area contributed by atoms with Crippen molar-refractivity contribution in [3.63, 3.8) is 0 Å². The van der Waals surface area contributed by atoms with Gasteiger partial charge < -0.3 is 14.2 Å². The van der Waals surface area contributed by atoms with E-state index in [9.17, 15) is 4.79 Å². The second kappa shape index (κ2) is 9.17. The molecule has 0 spiro atoms. The fourth-order valence-corrected chi connectivity index (χ4v) is 2.81. The van der Waals surface area contributed by atoms with Crippen LogP contribution in [-0.4, -0.2) is 34.1 Å². The average molecular weight is 379 g/mol. The summed E-state index contributed by atoms with van der Waals surface area (Å²) in [7, 11) is 0. The third-order valence-corrected chi connectivity index (χ3v) is 4.31. The van der Waals surface area contributed by atoms with E-state index >= 15 is 0 Å². The van der Waals surface area contributed by atoms with Crippen LogP contribution in [0, 0.1) is 6.92 Å². The zero-order chi connectivity index (χ0) is 19.9. The summed E-state index contributed by atoms with van der Waals surface area (Å²) in [5.41, 5.74) is 2.62. The summed E-state index contributed by atoms with van der Waals surface area (Å²) in [6, 6.07) is 15.1. The molecule has 0 aliphatic heterocycles. The van der Waals surface area contributed by atoms with E-state index in [-0.39, 0.29) is 12.5 Å². The van der Waals surface area contributed by atoms with Crippen molar-refractivity contribution in [2.45, 2.75) is 33.7 Å². The normalized spacial score (nSPS) is 10.7. The van der Waals surface area contributed by atoms with Gasteiger partial charge in [-0.3, -0.25) is 4.79 Å². The number of aryl methyl sites for hydroxylation is 1. The van der Waals surface area contributed by atoms with Crippen LogP contribution in [0.5, 0.6) is 5.75 Å². The Morgan fingerprint density at radius 2 is 1.93 bits per heavy atom. The Bertz CT molecular complexity index is 919. The molecule has 1 heterocycles. The molecule has 0 fully saturated rings. The maximum atomic E-state index is 12.8. The minimum absolute atomic E-state index is 0.0835. The van der Waals surface area contributed by atoms with Crippen LogP contribution in [0.2, 0.25) is 0 Å². The molecule has 0 atom stereocenters. The van der Waals surface area contributed by atoms with Gasteiger partial charge in [-0.2, -0.15) is 4.98 Å². The number of nitrogens with zero attached hydrogens (tertiary/aromatic N) is 3. The molecule has 0 aliphatic rings. The Morgan fingerprint density at radius 1 is 1.14 bits per heavy atom. The number of hydrogen-bond acceptors (Lipinski definition) is 5. The predicted molar refractivity (Wildman–Crippen MR) is 107 cm³/mol. The van der Waals surface area contributed by atoms with Gasteiger partial charge in [0.2, 0.25) is 11.7 Å². The first-order valence-corrected chi connectivity index (χ1v) is 9.52. The quantitative estimate of drug-likeness (QED) is 0.576. The molecule has 3 rings (SSSR count). The van der Waals surface area contributed by atoms with Gasteiger partial charge in [0.1, 0.15) is 12.3 Å². The van der Waals surface area contributed by atoms with E-state index in [1.165, 1.54) is 0 Å². The molecule has 0 bridgehead atoms. The first-order valence-electron chi connectivity index (χ1n) is 9.52. The highest BCUT2D eigenvalue weighted by Crippen LogP contribution is 2.19. The standard InChI is InChI=1S/C22H25N3O3/c1-4-13-27-19-11-9-17(10-12-19)22(26)25(5-2)15-20-23-21(24-28-20)18-8-6-7-16(3)14-18/h6-12,14H,4-5,13,15H2,1-3H3. The fraction of sp³-hybridized carbons (Fsp3) is 0.318. The first-order chi connectivity index (χ1) is 13.6. The van der Waals surface area contributed by atoms with Crippen LogP contribution in [-0.2, 0) is 6.54 Å². The summed E-state index contributed by atoms with van der Waals surface area (Å²) >= 11 is 0. The van der Waals surface area contributed by atoms with E-state index in [1.807, 2.05) is 50.2 Å². The van der Waals surface area contributed by atoms with Crippen LogP contribution in [0.25, 0.3) is 11.4 Å². The summed E-state index contributed by atoms with van der Waals surface area (Å²) < 4.78 is 10.9. The zero-order valence-electron chi connectivity index (χ0n) is 16.5. The number of amides is 1. The number of carbonyl (C=O) groups excluding carboxylic acids is 1. The first kappa shape index (κ1) is 19.6. The Labute approximate surface area is 165 Å².